The number of carbonyl (C=O) groups is 1. The second-order valence-corrected chi connectivity index (χ2v) is 4.83. The molecule has 0 spiro atoms. The molecule has 0 saturated carbocycles. The van der Waals surface area contributed by atoms with E-state index in [9.17, 15) is 4.79 Å². The number of carbonyl (C=O) groups excluding carboxylic acids is 1. The summed E-state index contributed by atoms with van der Waals surface area (Å²) in [4.78, 5) is 12.2. The van der Waals surface area contributed by atoms with E-state index in [1.54, 1.807) is 12.1 Å². The third-order valence-corrected chi connectivity index (χ3v) is 3.37. The Hall–Kier alpha value is -2.00. The van der Waals surface area contributed by atoms with Crippen molar-refractivity contribution in [1.82, 2.24) is 5.32 Å². The van der Waals surface area contributed by atoms with E-state index in [1.165, 1.54) is 0 Å². The third-order valence-electron chi connectivity index (χ3n) is 3.06. The first-order valence-corrected chi connectivity index (χ1v) is 7.42. The molecule has 0 radical (unpaired) electrons. The van der Waals surface area contributed by atoms with Gasteiger partial charge in [0.15, 0.2) is 0 Å². The number of rotatable bonds is 6. The molecule has 1 amide bonds. The SMILES string of the molecule is CCOc1ccccc1C(=O)NCc1ccc(CCl)cc1. The summed E-state index contributed by atoms with van der Waals surface area (Å²) in [7, 11) is 0. The van der Waals surface area contributed by atoms with Gasteiger partial charge in [-0.05, 0) is 30.2 Å². The Balaban J connectivity index is 2.01. The molecule has 0 aliphatic heterocycles. The molecule has 0 unspecified atom stereocenters. The van der Waals surface area contributed by atoms with Crippen LogP contribution in [0, 0.1) is 0 Å². The van der Waals surface area contributed by atoms with Crippen LogP contribution in [0.1, 0.15) is 28.4 Å². The van der Waals surface area contributed by atoms with Gasteiger partial charge in [-0.25, -0.2) is 0 Å². The zero-order valence-electron chi connectivity index (χ0n) is 11.9. The average molecular weight is 304 g/mol. The number of amides is 1. The first-order chi connectivity index (χ1) is 10.2. The molecule has 2 rings (SSSR count). The molecule has 110 valence electrons. The number of para-hydroxylation sites is 1. The van der Waals surface area contributed by atoms with Crippen molar-refractivity contribution >= 4 is 17.5 Å². The molecule has 0 bridgehead atoms. The molecular weight excluding hydrogens is 286 g/mol. The Labute approximate surface area is 129 Å². The number of alkyl halides is 1. The first kappa shape index (κ1) is 15.4. The molecule has 4 heteroatoms. The number of nitrogens with one attached hydrogen (secondary N) is 1. The van der Waals surface area contributed by atoms with Gasteiger partial charge in [-0.3, -0.25) is 4.79 Å². The van der Waals surface area contributed by atoms with Crippen molar-refractivity contribution in [3.05, 3.63) is 65.2 Å². The van der Waals surface area contributed by atoms with Crippen LogP contribution < -0.4 is 10.1 Å². The van der Waals surface area contributed by atoms with E-state index in [-0.39, 0.29) is 5.91 Å². The molecule has 2 aromatic carbocycles. The normalized spacial score (nSPS) is 10.2. The van der Waals surface area contributed by atoms with E-state index in [4.69, 9.17) is 16.3 Å². The van der Waals surface area contributed by atoms with Crippen LogP contribution in [0.25, 0.3) is 0 Å². The standard InChI is InChI=1S/C17H18ClNO2/c1-2-21-16-6-4-3-5-15(16)17(20)19-12-14-9-7-13(11-18)8-10-14/h3-10H,2,11-12H2,1H3,(H,19,20). The van der Waals surface area contributed by atoms with Crippen LogP contribution in [0.2, 0.25) is 0 Å². The van der Waals surface area contributed by atoms with Crippen LogP contribution >= 0.6 is 11.6 Å². The van der Waals surface area contributed by atoms with Gasteiger partial charge in [0.1, 0.15) is 5.75 Å². The molecule has 0 aromatic heterocycles. The fourth-order valence-corrected chi connectivity index (χ4v) is 2.14. The molecule has 0 aliphatic rings. The maximum Gasteiger partial charge on any atom is 0.255 e. The van der Waals surface area contributed by atoms with Gasteiger partial charge in [-0.1, -0.05) is 36.4 Å². The lowest BCUT2D eigenvalue weighted by Crippen LogP contribution is -2.23. The third kappa shape index (κ3) is 4.23. The summed E-state index contributed by atoms with van der Waals surface area (Å²) >= 11 is 5.75. The molecule has 0 aliphatic carbocycles. The van der Waals surface area contributed by atoms with E-state index < -0.39 is 0 Å². The smallest absolute Gasteiger partial charge is 0.255 e. The molecule has 0 saturated heterocycles. The maximum atomic E-state index is 12.2. The van der Waals surface area contributed by atoms with Crippen molar-refractivity contribution < 1.29 is 9.53 Å². The van der Waals surface area contributed by atoms with Gasteiger partial charge in [-0.15, -0.1) is 11.6 Å². The fourth-order valence-electron chi connectivity index (χ4n) is 1.96. The number of hydrogen-bond acceptors (Lipinski definition) is 2. The highest BCUT2D eigenvalue weighted by molar-refractivity contribution is 6.17. The van der Waals surface area contributed by atoms with E-state index >= 15 is 0 Å². The minimum atomic E-state index is -0.138. The summed E-state index contributed by atoms with van der Waals surface area (Å²) in [6.07, 6.45) is 0. The summed E-state index contributed by atoms with van der Waals surface area (Å²) in [5.74, 6) is 0.962. The van der Waals surface area contributed by atoms with Gasteiger partial charge in [0, 0.05) is 12.4 Å². The zero-order chi connectivity index (χ0) is 15.1. The summed E-state index contributed by atoms with van der Waals surface area (Å²) in [6.45, 7) is 2.90. The Bertz CT molecular complexity index is 596. The van der Waals surface area contributed by atoms with Crippen molar-refractivity contribution in [2.75, 3.05) is 6.61 Å². The predicted molar refractivity (Wildman–Crippen MR) is 84.8 cm³/mol. The van der Waals surface area contributed by atoms with E-state index in [2.05, 4.69) is 5.32 Å². The van der Waals surface area contributed by atoms with Crippen molar-refractivity contribution in [2.45, 2.75) is 19.3 Å². The Kier molecular flexibility index (Phi) is 5.64. The van der Waals surface area contributed by atoms with Gasteiger partial charge in [0.25, 0.3) is 5.91 Å². The highest BCUT2D eigenvalue weighted by Crippen LogP contribution is 2.17. The molecule has 0 fully saturated rings. The number of benzene rings is 2. The Morgan fingerprint density at radius 3 is 2.43 bits per heavy atom. The maximum absolute atomic E-state index is 12.2. The first-order valence-electron chi connectivity index (χ1n) is 6.88. The van der Waals surface area contributed by atoms with Gasteiger partial charge >= 0.3 is 0 Å². The zero-order valence-corrected chi connectivity index (χ0v) is 12.7. The molecule has 21 heavy (non-hydrogen) atoms. The summed E-state index contributed by atoms with van der Waals surface area (Å²) in [5.41, 5.74) is 2.65. The van der Waals surface area contributed by atoms with E-state index in [1.807, 2.05) is 43.3 Å². The van der Waals surface area contributed by atoms with Gasteiger partial charge in [0.05, 0.1) is 12.2 Å². The van der Waals surface area contributed by atoms with Gasteiger partial charge in [-0.2, -0.15) is 0 Å². The van der Waals surface area contributed by atoms with Crippen LogP contribution in [0.3, 0.4) is 0 Å². The fraction of sp³-hybridized carbons (Fsp3) is 0.235. The second-order valence-electron chi connectivity index (χ2n) is 4.56. The Morgan fingerprint density at radius 2 is 1.76 bits per heavy atom. The highest BCUT2D eigenvalue weighted by atomic mass is 35.5. The topological polar surface area (TPSA) is 38.3 Å². The largest absolute Gasteiger partial charge is 0.493 e. The van der Waals surface area contributed by atoms with Crippen molar-refractivity contribution in [1.29, 1.82) is 0 Å². The van der Waals surface area contributed by atoms with Gasteiger partial charge in [0.2, 0.25) is 0 Å². The van der Waals surface area contributed by atoms with Crippen molar-refractivity contribution in [2.24, 2.45) is 0 Å². The summed E-state index contributed by atoms with van der Waals surface area (Å²) < 4.78 is 5.46. The minimum absolute atomic E-state index is 0.138. The quantitative estimate of drug-likeness (QED) is 0.825. The molecule has 1 N–H and O–H groups in total. The molecule has 0 atom stereocenters. The summed E-state index contributed by atoms with van der Waals surface area (Å²) in [5, 5.41) is 2.90. The van der Waals surface area contributed by atoms with Crippen molar-refractivity contribution in [3.8, 4) is 5.75 Å². The van der Waals surface area contributed by atoms with Crippen LogP contribution in [-0.4, -0.2) is 12.5 Å². The van der Waals surface area contributed by atoms with Gasteiger partial charge < -0.3 is 10.1 Å². The molecule has 3 nitrogen and oxygen atoms in total. The molecule has 0 heterocycles. The Morgan fingerprint density at radius 1 is 1.10 bits per heavy atom. The number of halogens is 1. The van der Waals surface area contributed by atoms with Crippen LogP contribution in [0.5, 0.6) is 5.75 Å². The van der Waals surface area contributed by atoms with Crippen LogP contribution in [0.15, 0.2) is 48.5 Å². The molecular formula is C17H18ClNO2. The van der Waals surface area contributed by atoms with Crippen LogP contribution in [-0.2, 0) is 12.4 Å². The molecule has 2 aromatic rings. The lowest BCUT2D eigenvalue weighted by atomic mass is 10.1. The van der Waals surface area contributed by atoms with Crippen LogP contribution in [0.4, 0.5) is 0 Å². The summed E-state index contributed by atoms with van der Waals surface area (Å²) in [6, 6.07) is 15.1. The average Bonchev–Trinajstić information content (AvgIpc) is 2.54. The second kappa shape index (κ2) is 7.70. The predicted octanol–water partition coefficient (Wildman–Crippen LogP) is 3.75. The van der Waals surface area contributed by atoms with E-state index in [0.717, 1.165) is 11.1 Å². The minimum Gasteiger partial charge on any atom is -0.493 e. The number of ether oxygens (including phenoxy) is 1. The van der Waals surface area contributed by atoms with Crippen molar-refractivity contribution in [3.63, 3.8) is 0 Å². The lowest BCUT2D eigenvalue weighted by Gasteiger charge is -2.10. The lowest BCUT2D eigenvalue weighted by molar-refractivity contribution is 0.0947. The number of hydrogen-bond donors (Lipinski definition) is 1. The highest BCUT2D eigenvalue weighted by Gasteiger charge is 2.11. The van der Waals surface area contributed by atoms with E-state index in [0.29, 0.717) is 30.3 Å². The monoisotopic (exact) mass is 303 g/mol.